The van der Waals surface area contributed by atoms with Gasteiger partial charge in [0, 0.05) is 17.8 Å². The van der Waals surface area contributed by atoms with Crippen LogP contribution >= 0.6 is 0 Å². The number of methoxy groups -OCH3 is 1. The van der Waals surface area contributed by atoms with Crippen molar-refractivity contribution in [3.8, 4) is 17.2 Å². The van der Waals surface area contributed by atoms with E-state index in [1.54, 1.807) is 18.2 Å². The third-order valence-corrected chi connectivity index (χ3v) is 7.26. The molecule has 3 aliphatic rings. The van der Waals surface area contributed by atoms with Crippen molar-refractivity contribution in [2.75, 3.05) is 13.9 Å². The minimum absolute atomic E-state index is 0.00475. The summed E-state index contributed by atoms with van der Waals surface area (Å²) in [5.74, 6) is 0.120. The Labute approximate surface area is 182 Å². The molecule has 31 heavy (non-hydrogen) atoms. The van der Waals surface area contributed by atoms with Crippen molar-refractivity contribution in [2.45, 2.75) is 58.7 Å². The summed E-state index contributed by atoms with van der Waals surface area (Å²) in [6.45, 7) is 7.70. The van der Waals surface area contributed by atoms with E-state index in [0.717, 1.165) is 5.57 Å². The normalized spacial score (nSPS) is 31.8. The maximum Gasteiger partial charge on any atom is 0.338 e. The van der Waals surface area contributed by atoms with Crippen LogP contribution < -0.4 is 14.2 Å². The van der Waals surface area contributed by atoms with Crippen LogP contribution in [0.25, 0.3) is 0 Å². The Morgan fingerprint density at radius 1 is 1.26 bits per heavy atom. The summed E-state index contributed by atoms with van der Waals surface area (Å²) in [5.41, 5.74) is -0.770. The highest BCUT2D eigenvalue weighted by Gasteiger charge is 2.62. The second kappa shape index (κ2) is 7.55. The van der Waals surface area contributed by atoms with Gasteiger partial charge >= 0.3 is 5.97 Å². The first-order valence-electron chi connectivity index (χ1n) is 10.7. The van der Waals surface area contributed by atoms with Gasteiger partial charge in [0.15, 0.2) is 17.3 Å². The summed E-state index contributed by atoms with van der Waals surface area (Å²) in [5, 5.41) is 11.6. The molecule has 0 bridgehead atoms. The van der Waals surface area contributed by atoms with Crippen LogP contribution in [0.15, 0.2) is 23.8 Å². The van der Waals surface area contributed by atoms with Crippen molar-refractivity contribution in [1.29, 1.82) is 0 Å². The van der Waals surface area contributed by atoms with E-state index < -0.39 is 29.0 Å². The van der Waals surface area contributed by atoms with Gasteiger partial charge in [0.1, 0.15) is 6.10 Å². The summed E-state index contributed by atoms with van der Waals surface area (Å²) < 4.78 is 22.2. The number of ether oxygens (including phenoxy) is 4. The monoisotopic (exact) mass is 430 g/mol. The minimum Gasteiger partial charge on any atom is -0.493 e. The van der Waals surface area contributed by atoms with E-state index in [0.29, 0.717) is 36.5 Å². The van der Waals surface area contributed by atoms with Crippen molar-refractivity contribution in [3.05, 3.63) is 29.3 Å². The van der Waals surface area contributed by atoms with Crippen molar-refractivity contribution in [1.82, 2.24) is 0 Å². The molecule has 7 heteroatoms. The Balaban J connectivity index is 1.70. The number of fused-ring (bicyclic) bond motifs is 2. The average Bonchev–Trinajstić information content (AvgIpc) is 3.27. The summed E-state index contributed by atoms with van der Waals surface area (Å²) in [6, 6.07) is 3.13. The smallest absolute Gasteiger partial charge is 0.338 e. The number of hydrogen-bond acceptors (Lipinski definition) is 7. The molecule has 0 aromatic heterocycles. The summed E-state index contributed by atoms with van der Waals surface area (Å²) in [7, 11) is 1.49. The lowest BCUT2D eigenvalue weighted by Gasteiger charge is -2.42. The number of benzene rings is 1. The minimum atomic E-state index is -1.10. The van der Waals surface area contributed by atoms with Crippen molar-refractivity contribution in [3.63, 3.8) is 0 Å². The van der Waals surface area contributed by atoms with E-state index in [4.69, 9.17) is 18.9 Å². The molecule has 0 radical (unpaired) electrons. The molecular weight excluding hydrogens is 400 g/mol. The molecule has 0 spiro atoms. The van der Waals surface area contributed by atoms with Crippen LogP contribution in [-0.2, 0) is 9.53 Å². The first kappa shape index (κ1) is 21.7. The zero-order valence-electron chi connectivity index (χ0n) is 18.7. The number of hydrogen-bond donors (Lipinski definition) is 1. The molecule has 0 saturated heterocycles. The van der Waals surface area contributed by atoms with Gasteiger partial charge in [0.05, 0.1) is 18.3 Å². The number of aliphatic hydroxyl groups is 1. The molecule has 0 amide bonds. The number of carbonyl (C=O) groups excluding carboxylic acids is 2. The van der Waals surface area contributed by atoms with E-state index in [1.807, 2.05) is 27.7 Å². The predicted octanol–water partition coefficient (Wildman–Crippen LogP) is 3.67. The maximum atomic E-state index is 13.2. The zero-order valence-corrected chi connectivity index (χ0v) is 18.7. The molecule has 1 aromatic carbocycles. The highest BCUT2D eigenvalue weighted by Crippen LogP contribution is 2.57. The summed E-state index contributed by atoms with van der Waals surface area (Å²) in [4.78, 5) is 26.3. The zero-order chi connectivity index (χ0) is 22.6. The van der Waals surface area contributed by atoms with Crippen molar-refractivity contribution >= 4 is 11.8 Å². The number of carbonyl (C=O) groups is 2. The van der Waals surface area contributed by atoms with Crippen LogP contribution in [0, 0.1) is 17.3 Å². The van der Waals surface area contributed by atoms with Gasteiger partial charge in [-0.05, 0) is 43.9 Å². The van der Waals surface area contributed by atoms with Gasteiger partial charge < -0.3 is 24.1 Å². The van der Waals surface area contributed by atoms with Gasteiger partial charge in [-0.3, -0.25) is 4.79 Å². The van der Waals surface area contributed by atoms with E-state index in [9.17, 15) is 14.7 Å². The average molecular weight is 430 g/mol. The molecule has 1 N–H and O–H groups in total. The van der Waals surface area contributed by atoms with Crippen LogP contribution in [0.1, 0.15) is 57.3 Å². The predicted molar refractivity (Wildman–Crippen MR) is 112 cm³/mol. The third-order valence-electron chi connectivity index (χ3n) is 7.26. The second-order valence-electron chi connectivity index (χ2n) is 9.46. The van der Waals surface area contributed by atoms with Crippen molar-refractivity contribution < 1.29 is 33.6 Å². The van der Waals surface area contributed by atoms with Crippen molar-refractivity contribution in [2.24, 2.45) is 17.3 Å². The Morgan fingerprint density at radius 3 is 2.68 bits per heavy atom. The van der Waals surface area contributed by atoms with Gasteiger partial charge in [-0.1, -0.05) is 26.3 Å². The fourth-order valence-electron chi connectivity index (χ4n) is 5.42. The van der Waals surface area contributed by atoms with E-state index in [1.165, 1.54) is 7.11 Å². The SMILES string of the molecule is COc1cc(C(=O)O[C@@H]2CC(C)=CC(=O)[C@]3(C)CC[C@](O)(C(C)C)[C@@H]23)cc2c1OCO2. The van der Waals surface area contributed by atoms with E-state index in [-0.39, 0.29) is 24.1 Å². The Morgan fingerprint density at radius 2 is 2.00 bits per heavy atom. The molecule has 1 fully saturated rings. The second-order valence-corrected chi connectivity index (χ2v) is 9.46. The molecule has 4 atom stereocenters. The van der Waals surface area contributed by atoms with Gasteiger partial charge in [-0.15, -0.1) is 0 Å². The molecule has 168 valence electrons. The van der Waals surface area contributed by atoms with E-state index in [2.05, 4.69) is 0 Å². The molecule has 0 unspecified atom stereocenters. The fourth-order valence-corrected chi connectivity index (χ4v) is 5.42. The van der Waals surface area contributed by atoms with Crippen LogP contribution in [0.3, 0.4) is 0 Å². The number of rotatable bonds is 4. The van der Waals surface area contributed by atoms with Gasteiger partial charge in [-0.2, -0.15) is 0 Å². The fraction of sp³-hybridized carbons (Fsp3) is 0.583. The molecular formula is C24H30O7. The van der Waals surface area contributed by atoms with Crippen LogP contribution in [0.4, 0.5) is 0 Å². The topological polar surface area (TPSA) is 91.3 Å². The lowest BCUT2D eigenvalue weighted by atomic mass is 9.67. The quantitative estimate of drug-likeness (QED) is 0.729. The number of esters is 1. The number of ketones is 1. The first-order valence-corrected chi connectivity index (χ1v) is 10.7. The molecule has 1 aliphatic heterocycles. The summed E-state index contributed by atoms with van der Waals surface area (Å²) in [6.07, 6.45) is 2.47. The Bertz CT molecular complexity index is 949. The molecule has 2 aliphatic carbocycles. The molecule has 7 nitrogen and oxygen atoms in total. The lowest BCUT2D eigenvalue weighted by Crippen LogP contribution is -2.51. The Kier molecular flexibility index (Phi) is 5.28. The van der Waals surface area contributed by atoms with Gasteiger partial charge in [-0.25, -0.2) is 4.79 Å². The molecule has 1 heterocycles. The van der Waals surface area contributed by atoms with Crippen LogP contribution in [0.5, 0.6) is 17.2 Å². The Hall–Kier alpha value is -2.54. The van der Waals surface area contributed by atoms with Gasteiger partial charge in [0.25, 0.3) is 0 Å². The molecule has 4 rings (SSSR count). The number of allylic oxidation sites excluding steroid dienone is 1. The molecule has 1 saturated carbocycles. The highest BCUT2D eigenvalue weighted by atomic mass is 16.7. The van der Waals surface area contributed by atoms with E-state index >= 15 is 0 Å². The van der Waals surface area contributed by atoms with Crippen LogP contribution in [-0.4, -0.2) is 42.5 Å². The van der Waals surface area contributed by atoms with Gasteiger partial charge in [0.2, 0.25) is 12.5 Å². The van der Waals surface area contributed by atoms with Crippen LogP contribution in [0.2, 0.25) is 0 Å². The highest BCUT2D eigenvalue weighted by molar-refractivity contribution is 5.96. The molecule has 1 aromatic rings. The first-order chi connectivity index (χ1) is 14.6. The third kappa shape index (κ3) is 3.39. The lowest BCUT2D eigenvalue weighted by molar-refractivity contribution is -0.140. The largest absolute Gasteiger partial charge is 0.493 e. The maximum absolute atomic E-state index is 13.2. The standard InChI is InChI=1S/C24H30O7/c1-13(2)24(27)7-6-23(4)19(25)9-14(3)8-18(21(23)24)31-22(26)15-10-16(28-5)20-17(11-15)29-12-30-20/h9-11,13,18,21,27H,6-8,12H2,1-5H3/t18-,21+,23+,24+/m1/s1. The summed E-state index contributed by atoms with van der Waals surface area (Å²) >= 11 is 0.